The summed E-state index contributed by atoms with van der Waals surface area (Å²) >= 11 is 0. The molecule has 2 atom stereocenters. The van der Waals surface area contributed by atoms with Crippen molar-refractivity contribution < 1.29 is 18.8 Å². The molecule has 0 aliphatic rings. The maximum Gasteiger partial charge on any atom is 0.0897 e. The smallest absolute Gasteiger partial charge is 0.0897 e. The lowest BCUT2D eigenvalue weighted by molar-refractivity contribution is 0.0139. The van der Waals surface area contributed by atoms with E-state index in [-0.39, 0.29) is 0 Å². The van der Waals surface area contributed by atoms with Gasteiger partial charge in [0.05, 0.1) is 25.9 Å². The van der Waals surface area contributed by atoms with E-state index in [9.17, 15) is 9.32 Å². The van der Waals surface area contributed by atoms with E-state index in [1.807, 2.05) is 0 Å². The van der Waals surface area contributed by atoms with Gasteiger partial charge in [0.2, 0.25) is 0 Å². The molecule has 98 valence electrons. The average molecular weight is 253 g/mol. The summed E-state index contributed by atoms with van der Waals surface area (Å²) in [5, 5.41) is 12.6. The van der Waals surface area contributed by atoms with Crippen LogP contribution in [-0.4, -0.2) is 67.4 Å². The molecule has 0 heterocycles. The van der Waals surface area contributed by atoms with Gasteiger partial charge in [-0.25, -0.2) is 0 Å². The molecule has 0 rings (SSSR count). The molecule has 2 N–H and O–H groups in total. The van der Waals surface area contributed by atoms with Crippen molar-refractivity contribution in [3.8, 4) is 0 Å². The van der Waals surface area contributed by atoms with Crippen molar-refractivity contribution in [1.29, 1.82) is 0 Å². The molecule has 16 heavy (non-hydrogen) atoms. The van der Waals surface area contributed by atoms with Crippen LogP contribution < -0.4 is 5.32 Å². The molecule has 0 aliphatic heterocycles. The zero-order valence-electron chi connectivity index (χ0n) is 10.1. The van der Waals surface area contributed by atoms with E-state index in [2.05, 4.69) is 5.32 Å². The van der Waals surface area contributed by atoms with Gasteiger partial charge >= 0.3 is 0 Å². The zero-order chi connectivity index (χ0) is 12.2. The van der Waals surface area contributed by atoms with E-state index in [0.29, 0.717) is 32.1 Å². The fraction of sp³-hybridized carbons (Fsp3) is 1.00. The first-order valence-electron chi connectivity index (χ1n) is 5.42. The molecule has 0 aromatic carbocycles. The van der Waals surface area contributed by atoms with Gasteiger partial charge in [-0.3, -0.25) is 4.21 Å². The highest BCUT2D eigenvalue weighted by molar-refractivity contribution is 7.84. The van der Waals surface area contributed by atoms with Gasteiger partial charge in [-0.1, -0.05) is 0 Å². The predicted octanol–water partition coefficient (Wildman–Crippen LogP) is -0.631. The number of aliphatic hydroxyl groups excluding tert-OH is 1. The molecule has 0 saturated carbocycles. The van der Waals surface area contributed by atoms with E-state index >= 15 is 0 Å². The number of aliphatic hydroxyl groups is 1. The minimum Gasteiger partial charge on any atom is -0.389 e. The Balaban J connectivity index is 3.17. The minimum absolute atomic E-state index is 0.316. The van der Waals surface area contributed by atoms with Gasteiger partial charge in [-0.15, -0.1) is 0 Å². The molecule has 2 unspecified atom stereocenters. The van der Waals surface area contributed by atoms with Crippen LogP contribution in [0.2, 0.25) is 0 Å². The quantitative estimate of drug-likeness (QED) is 0.480. The van der Waals surface area contributed by atoms with Crippen LogP contribution in [0.15, 0.2) is 0 Å². The molecule has 0 bridgehead atoms. The monoisotopic (exact) mass is 253 g/mol. The largest absolute Gasteiger partial charge is 0.389 e. The van der Waals surface area contributed by atoms with Crippen LogP contribution in [0.1, 0.15) is 6.42 Å². The van der Waals surface area contributed by atoms with Crippen LogP contribution in [0.5, 0.6) is 0 Å². The third-order valence-electron chi connectivity index (χ3n) is 1.91. The summed E-state index contributed by atoms with van der Waals surface area (Å²) in [7, 11) is 0.882. The van der Waals surface area contributed by atoms with Gasteiger partial charge in [0.15, 0.2) is 0 Å². The fourth-order valence-corrected chi connectivity index (χ4v) is 1.64. The Bertz CT molecular complexity index is 180. The first-order valence-corrected chi connectivity index (χ1v) is 7.15. The Morgan fingerprint density at radius 1 is 1.44 bits per heavy atom. The lowest BCUT2D eigenvalue weighted by atomic mass is 10.3. The number of hydrogen-bond acceptors (Lipinski definition) is 5. The highest BCUT2D eigenvalue weighted by atomic mass is 32.2. The van der Waals surface area contributed by atoms with Gasteiger partial charge in [0.1, 0.15) is 0 Å². The normalized spacial score (nSPS) is 14.9. The standard InChI is InChI=1S/C10H23NO4S/c1-14-5-6-15-9-10(12)8-11-4-3-7-16(2)13/h10-12H,3-9H2,1-2H3. The SMILES string of the molecule is COCCOCC(O)CNCCCS(C)=O. The van der Waals surface area contributed by atoms with Crippen molar-refractivity contribution in [3.05, 3.63) is 0 Å². The van der Waals surface area contributed by atoms with Gasteiger partial charge < -0.3 is 19.9 Å². The molecule has 0 aromatic rings. The third-order valence-corrected chi connectivity index (χ3v) is 2.77. The summed E-state index contributed by atoms with van der Waals surface area (Å²) in [5.74, 6) is 0.702. The second-order valence-electron chi connectivity index (χ2n) is 3.56. The summed E-state index contributed by atoms with van der Waals surface area (Å²) in [6, 6.07) is 0. The first kappa shape index (κ1) is 16.0. The first-order chi connectivity index (χ1) is 7.66. The number of methoxy groups -OCH3 is 1. The van der Waals surface area contributed by atoms with E-state index in [0.717, 1.165) is 13.0 Å². The molecule has 5 nitrogen and oxygen atoms in total. The van der Waals surface area contributed by atoms with E-state index in [1.165, 1.54) is 0 Å². The second kappa shape index (κ2) is 11.5. The molecule has 6 heteroatoms. The van der Waals surface area contributed by atoms with Gasteiger partial charge in [-0.2, -0.15) is 0 Å². The molecule has 0 aromatic heterocycles. The highest BCUT2D eigenvalue weighted by Crippen LogP contribution is 1.86. The number of rotatable bonds is 11. The molecule has 0 amide bonds. The van der Waals surface area contributed by atoms with Crippen molar-refractivity contribution in [1.82, 2.24) is 5.32 Å². The van der Waals surface area contributed by atoms with Crippen LogP contribution in [-0.2, 0) is 20.3 Å². The summed E-state index contributed by atoms with van der Waals surface area (Å²) in [5.41, 5.74) is 0. The van der Waals surface area contributed by atoms with Gasteiger partial charge in [0, 0.05) is 36.5 Å². The van der Waals surface area contributed by atoms with Crippen molar-refractivity contribution in [2.45, 2.75) is 12.5 Å². The Hall–Kier alpha value is -0.0100. The lowest BCUT2D eigenvalue weighted by Crippen LogP contribution is -2.31. The fourth-order valence-electron chi connectivity index (χ4n) is 1.09. The lowest BCUT2D eigenvalue weighted by Gasteiger charge is -2.11. The van der Waals surface area contributed by atoms with Crippen LogP contribution >= 0.6 is 0 Å². The van der Waals surface area contributed by atoms with Crippen molar-refractivity contribution in [3.63, 3.8) is 0 Å². The number of nitrogens with one attached hydrogen (secondary N) is 1. The highest BCUT2D eigenvalue weighted by Gasteiger charge is 2.03. The minimum atomic E-state index is -0.728. The maximum atomic E-state index is 10.7. The van der Waals surface area contributed by atoms with E-state index in [1.54, 1.807) is 13.4 Å². The van der Waals surface area contributed by atoms with Crippen LogP contribution in [0, 0.1) is 0 Å². The Labute approximate surface area is 100.0 Å². The predicted molar refractivity (Wildman–Crippen MR) is 65.1 cm³/mol. The third kappa shape index (κ3) is 12.1. The summed E-state index contributed by atoms with van der Waals surface area (Å²) in [6.07, 6.45) is 2.06. The van der Waals surface area contributed by atoms with Crippen molar-refractivity contribution in [2.24, 2.45) is 0 Å². The second-order valence-corrected chi connectivity index (χ2v) is 5.11. The molecule has 0 saturated heterocycles. The summed E-state index contributed by atoms with van der Waals surface area (Å²) < 4.78 is 20.7. The number of hydrogen-bond donors (Lipinski definition) is 2. The topological polar surface area (TPSA) is 67.8 Å². The van der Waals surface area contributed by atoms with Gasteiger partial charge in [0.25, 0.3) is 0 Å². The molecule has 0 aliphatic carbocycles. The van der Waals surface area contributed by atoms with E-state index < -0.39 is 16.9 Å². The average Bonchev–Trinajstić information content (AvgIpc) is 2.23. The van der Waals surface area contributed by atoms with Crippen LogP contribution in [0.3, 0.4) is 0 Å². The van der Waals surface area contributed by atoms with Gasteiger partial charge in [-0.05, 0) is 13.0 Å². The molecule has 0 fully saturated rings. The Kier molecular flexibility index (Phi) is 11.5. The zero-order valence-corrected chi connectivity index (χ0v) is 10.9. The van der Waals surface area contributed by atoms with Crippen molar-refractivity contribution in [2.75, 3.05) is 52.0 Å². The summed E-state index contributed by atoms with van der Waals surface area (Å²) in [6.45, 7) is 2.64. The Morgan fingerprint density at radius 2 is 2.19 bits per heavy atom. The molecular formula is C10H23NO4S. The molecular weight excluding hydrogens is 230 g/mol. The van der Waals surface area contributed by atoms with E-state index in [4.69, 9.17) is 9.47 Å². The van der Waals surface area contributed by atoms with Crippen molar-refractivity contribution >= 4 is 10.8 Å². The number of ether oxygens (including phenoxy) is 2. The summed E-state index contributed by atoms with van der Waals surface area (Å²) in [4.78, 5) is 0. The maximum absolute atomic E-state index is 10.7. The Morgan fingerprint density at radius 3 is 2.81 bits per heavy atom. The van der Waals surface area contributed by atoms with Crippen LogP contribution in [0.4, 0.5) is 0 Å². The molecule has 0 radical (unpaired) electrons. The van der Waals surface area contributed by atoms with Crippen LogP contribution in [0.25, 0.3) is 0 Å². The molecule has 0 spiro atoms.